The third-order valence-corrected chi connectivity index (χ3v) is 1.82. The van der Waals surface area contributed by atoms with Gasteiger partial charge in [0.2, 0.25) is 0 Å². The Morgan fingerprint density at radius 3 is 2.78 bits per heavy atom. The zero-order chi connectivity index (χ0) is 6.69. The normalized spacial score (nSPS) is 21.0. The van der Waals surface area contributed by atoms with E-state index < -0.39 is 0 Å². The second-order valence-corrected chi connectivity index (χ2v) is 2.59. The molecule has 1 aliphatic rings. The van der Waals surface area contributed by atoms with Crippen LogP contribution in [-0.2, 0) is 4.74 Å². The van der Waals surface area contributed by atoms with Crippen molar-refractivity contribution in [2.75, 3.05) is 0 Å². The standard InChI is InChI=1S/C8H14O/c1-3-8(9-4-2)7-5-6-7/h4,7-8H,2-3,5-6H2,1H3. The Morgan fingerprint density at radius 2 is 2.44 bits per heavy atom. The Morgan fingerprint density at radius 1 is 1.78 bits per heavy atom. The van der Waals surface area contributed by atoms with Gasteiger partial charge in [-0.2, -0.15) is 0 Å². The van der Waals surface area contributed by atoms with Gasteiger partial charge in [0.15, 0.2) is 0 Å². The molecule has 9 heavy (non-hydrogen) atoms. The highest BCUT2D eigenvalue weighted by Crippen LogP contribution is 2.35. The molecule has 1 rings (SSSR count). The van der Waals surface area contributed by atoms with E-state index in [4.69, 9.17) is 4.74 Å². The lowest BCUT2D eigenvalue weighted by Crippen LogP contribution is -2.09. The average molecular weight is 126 g/mol. The molecule has 0 aliphatic heterocycles. The fourth-order valence-electron chi connectivity index (χ4n) is 1.13. The summed E-state index contributed by atoms with van der Waals surface area (Å²) in [5.41, 5.74) is 0. The van der Waals surface area contributed by atoms with Gasteiger partial charge in [0.1, 0.15) is 6.10 Å². The number of hydrogen-bond donors (Lipinski definition) is 0. The summed E-state index contributed by atoms with van der Waals surface area (Å²) < 4.78 is 5.28. The summed E-state index contributed by atoms with van der Waals surface area (Å²) in [5, 5.41) is 0. The molecular formula is C8H14O. The largest absolute Gasteiger partial charge is 0.498 e. The van der Waals surface area contributed by atoms with Gasteiger partial charge in [-0.25, -0.2) is 0 Å². The number of hydrogen-bond acceptors (Lipinski definition) is 1. The second kappa shape index (κ2) is 2.90. The highest BCUT2D eigenvalue weighted by atomic mass is 16.5. The second-order valence-electron chi connectivity index (χ2n) is 2.59. The summed E-state index contributed by atoms with van der Waals surface area (Å²) in [6, 6.07) is 0. The van der Waals surface area contributed by atoms with Crippen LogP contribution in [0, 0.1) is 5.92 Å². The lowest BCUT2D eigenvalue weighted by Gasteiger charge is -2.11. The molecule has 1 heteroatoms. The Bertz CT molecular complexity index is 94.7. The molecule has 52 valence electrons. The molecule has 0 radical (unpaired) electrons. The van der Waals surface area contributed by atoms with Crippen molar-refractivity contribution in [2.45, 2.75) is 32.3 Å². The topological polar surface area (TPSA) is 9.23 Å². The summed E-state index contributed by atoms with van der Waals surface area (Å²) in [5.74, 6) is 0.841. The number of ether oxygens (including phenoxy) is 1. The quantitative estimate of drug-likeness (QED) is 0.525. The van der Waals surface area contributed by atoms with Crippen molar-refractivity contribution in [2.24, 2.45) is 5.92 Å². The van der Waals surface area contributed by atoms with E-state index in [-0.39, 0.29) is 0 Å². The minimum atomic E-state index is 0.461. The molecular weight excluding hydrogens is 112 g/mol. The van der Waals surface area contributed by atoms with Crippen LogP contribution in [0.3, 0.4) is 0 Å². The summed E-state index contributed by atoms with van der Waals surface area (Å²) in [4.78, 5) is 0. The summed E-state index contributed by atoms with van der Waals surface area (Å²) in [6.07, 6.45) is 5.85. The molecule has 1 nitrogen and oxygen atoms in total. The van der Waals surface area contributed by atoms with E-state index in [1.165, 1.54) is 12.8 Å². The Labute approximate surface area is 56.7 Å². The number of rotatable bonds is 4. The van der Waals surface area contributed by atoms with Gasteiger partial charge in [-0.3, -0.25) is 0 Å². The smallest absolute Gasteiger partial charge is 0.100 e. The lowest BCUT2D eigenvalue weighted by atomic mass is 10.2. The predicted octanol–water partition coefficient (Wildman–Crippen LogP) is 2.34. The van der Waals surface area contributed by atoms with Gasteiger partial charge in [-0.1, -0.05) is 13.5 Å². The summed E-state index contributed by atoms with van der Waals surface area (Å²) in [6.45, 7) is 5.70. The third-order valence-electron chi connectivity index (χ3n) is 1.82. The van der Waals surface area contributed by atoms with E-state index in [9.17, 15) is 0 Å². The first-order chi connectivity index (χ1) is 4.38. The van der Waals surface area contributed by atoms with Gasteiger partial charge in [-0.05, 0) is 25.2 Å². The maximum absolute atomic E-state index is 5.28. The van der Waals surface area contributed by atoms with Crippen molar-refractivity contribution < 1.29 is 4.74 Å². The average Bonchev–Trinajstić information content (AvgIpc) is 2.64. The fourth-order valence-corrected chi connectivity index (χ4v) is 1.13. The van der Waals surface area contributed by atoms with Crippen molar-refractivity contribution in [3.63, 3.8) is 0 Å². The van der Waals surface area contributed by atoms with Crippen LogP contribution < -0.4 is 0 Å². The van der Waals surface area contributed by atoms with Crippen LogP contribution in [0.15, 0.2) is 12.8 Å². The molecule has 0 aromatic heterocycles. The van der Waals surface area contributed by atoms with Crippen LogP contribution in [0.25, 0.3) is 0 Å². The van der Waals surface area contributed by atoms with Gasteiger partial charge in [0, 0.05) is 0 Å². The molecule has 1 atom stereocenters. The molecule has 0 aromatic rings. The Hall–Kier alpha value is -0.460. The summed E-state index contributed by atoms with van der Waals surface area (Å²) in [7, 11) is 0. The van der Waals surface area contributed by atoms with Gasteiger partial charge in [0.05, 0.1) is 6.26 Å². The van der Waals surface area contributed by atoms with E-state index in [1.807, 2.05) is 0 Å². The van der Waals surface area contributed by atoms with Crippen molar-refractivity contribution in [1.82, 2.24) is 0 Å². The first-order valence-corrected chi connectivity index (χ1v) is 3.64. The van der Waals surface area contributed by atoms with E-state index in [0.29, 0.717) is 6.10 Å². The van der Waals surface area contributed by atoms with Crippen molar-refractivity contribution in [3.8, 4) is 0 Å². The predicted molar refractivity (Wildman–Crippen MR) is 38.1 cm³/mol. The Balaban J connectivity index is 2.20. The van der Waals surface area contributed by atoms with Crippen LogP contribution in [0.5, 0.6) is 0 Å². The van der Waals surface area contributed by atoms with Crippen LogP contribution in [0.1, 0.15) is 26.2 Å². The monoisotopic (exact) mass is 126 g/mol. The van der Waals surface area contributed by atoms with Gasteiger partial charge in [0.25, 0.3) is 0 Å². The first kappa shape index (κ1) is 6.66. The van der Waals surface area contributed by atoms with Crippen LogP contribution in [0.2, 0.25) is 0 Å². The zero-order valence-corrected chi connectivity index (χ0v) is 5.97. The molecule has 0 aromatic carbocycles. The molecule has 0 bridgehead atoms. The third kappa shape index (κ3) is 1.74. The highest BCUT2D eigenvalue weighted by Gasteiger charge is 2.30. The Kier molecular flexibility index (Phi) is 2.15. The molecule has 1 saturated carbocycles. The summed E-state index contributed by atoms with van der Waals surface area (Å²) >= 11 is 0. The van der Waals surface area contributed by atoms with Crippen molar-refractivity contribution in [1.29, 1.82) is 0 Å². The molecule has 1 fully saturated rings. The highest BCUT2D eigenvalue weighted by molar-refractivity contribution is 4.82. The van der Waals surface area contributed by atoms with Gasteiger partial charge < -0.3 is 4.74 Å². The zero-order valence-electron chi connectivity index (χ0n) is 5.97. The van der Waals surface area contributed by atoms with Gasteiger partial charge in [-0.15, -0.1) is 0 Å². The van der Waals surface area contributed by atoms with E-state index in [1.54, 1.807) is 6.26 Å². The lowest BCUT2D eigenvalue weighted by molar-refractivity contribution is 0.120. The van der Waals surface area contributed by atoms with Gasteiger partial charge >= 0.3 is 0 Å². The van der Waals surface area contributed by atoms with E-state index in [0.717, 1.165) is 12.3 Å². The molecule has 0 spiro atoms. The molecule has 0 saturated heterocycles. The van der Waals surface area contributed by atoms with E-state index >= 15 is 0 Å². The van der Waals surface area contributed by atoms with Crippen LogP contribution in [-0.4, -0.2) is 6.10 Å². The molecule has 0 amide bonds. The van der Waals surface area contributed by atoms with Crippen LogP contribution >= 0.6 is 0 Å². The van der Waals surface area contributed by atoms with Crippen molar-refractivity contribution >= 4 is 0 Å². The molecule has 1 aliphatic carbocycles. The molecule has 1 unspecified atom stereocenters. The maximum Gasteiger partial charge on any atom is 0.100 e. The van der Waals surface area contributed by atoms with Crippen molar-refractivity contribution in [3.05, 3.63) is 12.8 Å². The molecule has 0 N–H and O–H groups in total. The minimum absolute atomic E-state index is 0.461. The first-order valence-electron chi connectivity index (χ1n) is 3.64. The maximum atomic E-state index is 5.28. The molecule has 0 heterocycles. The SMILES string of the molecule is C=COC(CC)C1CC1. The fraction of sp³-hybridized carbons (Fsp3) is 0.750. The minimum Gasteiger partial charge on any atom is -0.498 e. The van der Waals surface area contributed by atoms with Crippen LogP contribution in [0.4, 0.5) is 0 Å². The van der Waals surface area contributed by atoms with E-state index in [2.05, 4.69) is 13.5 Å².